The first-order valence-electron chi connectivity index (χ1n) is 4.43. The van der Waals surface area contributed by atoms with Gasteiger partial charge >= 0.3 is 0 Å². The Kier molecular flexibility index (Phi) is 1.66. The smallest absolute Gasteiger partial charge is 0.201 e. The highest BCUT2D eigenvalue weighted by Crippen LogP contribution is 2.65. The van der Waals surface area contributed by atoms with Gasteiger partial charge in [-0.1, -0.05) is 19.3 Å². The van der Waals surface area contributed by atoms with E-state index in [1.807, 2.05) is 0 Å². The number of hydrogen-bond acceptors (Lipinski definition) is 1. The molecule has 2 fully saturated rings. The van der Waals surface area contributed by atoms with Crippen LogP contribution in [0.5, 0.6) is 0 Å². The van der Waals surface area contributed by atoms with Crippen LogP contribution in [-0.4, -0.2) is 17.2 Å². The lowest BCUT2D eigenvalue weighted by Gasteiger charge is -2.47. The monoisotopic (exact) mass is 174 g/mol. The van der Waals surface area contributed by atoms with Gasteiger partial charge in [0.1, 0.15) is 0 Å². The molecule has 3 heteroatoms. The fraction of sp³-hybridized carbons (Fsp3) is 1.00. The van der Waals surface area contributed by atoms with Gasteiger partial charge in [-0.15, -0.1) is 0 Å². The zero-order chi connectivity index (χ0) is 7.95. The van der Waals surface area contributed by atoms with Crippen molar-refractivity contribution in [2.45, 2.75) is 32.1 Å². The van der Waals surface area contributed by atoms with Crippen molar-refractivity contribution < 1.29 is 9.46 Å². The molecule has 0 aromatic heterocycles. The Labute approximate surface area is 67.5 Å². The van der Waals surface area contributed by atoms with Crippen molar-refractivity contribution in [2.75, 3.05) is 12.3 Å². The van der Waals surface area contributed by atoms with Gasteiger partial charge in [0.25, 0.3) is 0 Å². The van der Waals surface area contributed by atoms with E-state index in [1.54, 1.807) is 0 Å². The Balaban J connectivity index is 1.99. The average molecular weight is 174 g/mol. The van der Waals surface area contributed by atoms with E-state index in [2.05, 4.69) is 0 Å². The van der Waals surface area contributed by atoms with Gasteiger partial charge in [0.2, 0.25) is 7.37 Å². The molecule has 0 atom stereocenters. The van der Waals surface area contributed by atoms with Crippen LogP contribution in [0.2, 0.25) is 0 Å². The van der Waals surface area contributed by atoms with Gasteiger partial charge in [0.05, 0.1) is 0 Å². The normalized spacial score (nSPS) is 33.2. The molecule has 1 aliphatic carbocycles. The zero-order valence-corrected chi connectivity index (χ0v) is 7.65. The molecule has 0 aromatic rings. The molecule has 1 N–H and O–H groups in total. The summed E-state index contributed by atoms with van der Waals surface area (Å²) in [7, 11) is -2.60. The van der Waals surface area contributed by atoms with Crippen LogP contribution in [0.1, 0.15) is 32.1 Å². The second kappa shape index (κ2) is 2.34. The minimum absolute atomic E-state index is 0.322. The highest BCUT2D eigenvalue weighted by Gasteiger charge is 2.50. The van der Waals surface area contributed by atoms with Crippen molar-refractivity contribution in [2.24, 2.45) is 5.41 Å². The molecule has 0 radical (unpaired) electrons. The largest absolute Gasteiger partial charge is 0.344 e. The predicted molar refractivity (Wildman–Crippen MR) is 45.1 cm³/mol. The van der Waals surface area contributed by atoms with Crippen molar-refractivity contribution in [3.8, 4) is 0 Å². The standard InChI is InChI=1S/C8H15O2P/c9-11(10)6-8(7-11)4-2-1-3-5-8/h1-7H2,(H,9,10). The van der Waals surface area contributed by atoms with E-state index in [-0.39, 0.29) is 0 Å². The molecule has 1 spiro atoms. The lowest BCUT2D eigenvalue weighted by molar-refractivity contribution is 0.208. The van der Waals surface area contributed by atoms with Crippen molar-refractivity contribution in [1.82, 2.24) is 0 Å². The van der Waals surface area contributed by atoms with Gasteiger partial charge in [-0.3, -0.25) is 4.57 Å². The lowest BCUT2D eigenvalue weighted by atomic mass is 9.76. The summed E-state index contributed by atoms with van der Waals surface area (Å²) in [5.74, 6) is 0. The van der Waals surface area contributed by atoms with E-state index in [4.69, 9.17) is 0 Å². The molecule has 2 nitrogen and oxygen atoms in total. The van der Waals surface area contributed by atoms with E-state index in [0.29, 0.717) is 17.7 Å². The average Bonchev–Trinajstić information content (AvgIpc) is 1.85. The van der Waals surface area contributed by atoms with Gasteiger partial charge < -0.3 is 4.89 Å². The molecule has 1 saturated carbocycles. The van der Waals surface area contributed by atoms with Crippen molar-refractivity contribution in [3.63, 3.8) is 0 Å². The molecule has 1 aliphatic heterocycles. The van der Waals surface area contributed by atoms with Crippen LogP contribution in [-0.2, 0) is 4.57 Å². The van der Waals surface area contributed by atoms with Crippen LogP contribution in [0.25, 0.3) is 0 Å². The maximum absolute atomic E-state index is 11.1. The van der Waals surface area contributed by atoms with Gasteiger partial charge in [0, 0.05) is 12.3 Å². The summed E-state index contributed by atoms with van der Waals surface area (Å²) in [6.07, 6.45) is 7.55. The SMILES string of the molecule is O=P1(O)CC2(CCCCC2)C1. The van der Waals surface area contributed by atoms with Crippen LogP contribution < -0.4 is 0 Å². The molecule has 64 valence electrons. The number of rotatable bonds is 0. The molecule has 0 bridgehead atoms. The van der Waals surface area contributed by atoms with E-state index < -0.39 is 7.37 Å². The van der Waals surface area contributed by atoms with Gasteiger partial charge in [0.15, 0.2) is 0 Å². The van der Waals surface area contributed by atoms with E-state index in [9.17, 15) is 9.46 Å². The van der Waals surface area contributed by atoms with Crippen molar-refractivity contribution >= 4 is 7.37 Å². The summed E-state index contributed by atoms with van der Waals surface area (Å²) in [5.41, 5.74) is 0.322. The Hall–Kier alpha value is 0.190. The Bertz CT molecular complexity index is 194. The van der Waals surface area contributed by atoms with Crippen LogP contribution in [0, 0.1) is 5.41 Å². The highest BCUT2D eigenvalue weighted by molar-refractivity contribution is 7.59. The fourth-order valence-corrected chi connectivity index (χ4v) is 5.26. The summed E-state index contributed by atoms with van der Waals surface area (Å²) in [5, 5.41) is 0. The summed E-state index contributed by atoms with van der Waals surface area (Å²) >= 11 is 0. The summed E-state index contributed by atoms with van der Waals surface area (Å²) in [4.78, 5) is 9.19. The highest BCUT2D eigenvalue weighted by atomic mass is 31.2. The van der Waals surface area contributed by atoms with Crippen LogP contribution in [0.3, 0.4) is 0 Å². The third kappa shape index (κ3) is 1.39. The molecular formula is C8H15O2P. The third-order valence-corrected chi connectivity index (χ3v) is 5.41. The van der Waals surface area contributed by atoms with Crippen LogP contribution in [0.4, 0.5) is 0 Å². The molecule has 2 rings (SSSR count). The van der Waals surface area contributed by atoms with Crippen LogP contribution >= 0.6 is 7.37 Å². The van der Waals surface area contributed by atoms with Gasteiger partial charge in [-0.25, -0.2) is 0 Å². The predicted octanol–water partition coefficient (Wildman–Crippen LogP) is 2.22. The van der Waals surface area contributed by atoms with Crippen molar-refractivity contribution in [3.05, 3.63) is 0 Å². The first-order valence-corrected chi connectivity index (χ1v) is 6.46. The zero-order valence-electron chi connectivity index (χ0n) is 6.75. The van der Waals surface area contributed by atoms with Crippen LogP contribution in [0.15, 0.2) is 0 Å². The molecule has 0 amide bonds. The van der Waals surface area contributed by atoms with E-state index >= 15 is 0 Å². The maximum atomic E-state index is 11.1. The summed E-state index contributed by atoms with van der Waals surface area (Å²) in [6, 6.07) is 0. The second-order valence-corrected chi connectivity index (χ2v) is 6.55. The molecule has 1 heterocycles. The first-order chi connectivity index (χ1) is 5.12. The molecule has 0 unspecified atom stereocenters. The Morgan fingerprint density at radius 2 is 1.64 bits per heavy atom. The molecule has 1 saturated heterocycles. The van der Waals surface area contributed by atoms with E-state index in [0.717, 1.165) is 0 Å². The fourth-order valence-electron chi connectivity index (χ4n) is 2.62. The summed E-state index contributed by atoms with van der Waals surface area (Å²) < 4.78 is 11.1. The minimum Gasteiger partial charge on any atom is -0.344 e. The Morgan fingerprint density at radius 1 is 1.09 bits per heavy atom. The molecular weight excluding hydrogens is 159 g/mol. The molecule has 11 heavy (non-hydrogen) atoms. The summed E-state index contributed by atoms with van der Waals surface area (Å²) in [6.45, 7) is 0. The third-order valence-electron chi connectivity index (χ3n) is 3.08. The number of hydrogen-bond donors (Lipinski definition) is 1. The second-order valence-electron chi connectivity index (χ2n) is 4.22. The minimum atomic E-state index is -2.60. The van der Waals surface area contributed by atoms with Crippen molar-refractivity contribution in [1.29, 1.82) is 0 Å². The molecule has 2 aliphatic rings. The van der Waals surface area contributed by atoms with E-state index in [1.165, 1.54) is 32.1 Å². The lowest BCUT2D eigenvalue weighted by Crippen LogP contribution is -2.41. The maximum Gasteiger partial charge on any atom is 0.201 e. The quantitative estimate of drug-likeness (QED) is 0.572. The first kappa shape index (κ1) is 7.82. The van der Waals surface area contributed by atoms with Gasteiger partial charge in [-0.05, 0) is 18.3 Å². The molecule has 0 aromatic carbocycles. The van der Waals surface area contributed by atoms with Gasteiger partial charge in [-0.2, -0.15) is 0 Å². The topological polar surface area (TPSA) is 37.3 Å². The Morgan fingerprint density at radius 3 is 2.09 bits per heavy atom.